The second kappa shape index (κ2) is 6.31. The van der Waals surface area contributed by atoms with Crippen LogP contribution in [0.25, 0.3) is 0 Å². The van der Waals surface area contributed by atoms with Gasteiger partial charge >= 0.3 is 6.18 Å². The van der Waals surface area contributed by atoms with E-state index in [0.29, 0.717) is 5.69 Å². The fourth-order valence-electron chi connectivity index (χ4n) is 1.68. The molecule has 0 bridgehead atoms. The minimum atomic E-state index is -4.44. The minimum absolute atomic E-state index is 0.136. The van der Waals surface area contributed by atoms with Crippen LogP contribution < -0.4 is 4.74 Å². The molecule has 5 heteroatoms. The number of hydrogen-bond acceptors (Lipinski definition) is 2. The summed E-state index contributed by atoms with van der Waals surface area (Å²) in [6.45, 7) is 1.70. The van der Waals surface area contributed by atoms with E-state index in [-0.39, 0.29) is 12.4 Å². The van der Waals surface area contributed by atoms with Crippen LogP contribution in [-0.4, -0.2) is 11.6 Å². The van der Waals surface area contributed by atoms with Gasteiger partial charge in [-0.15, -0.1) is 0 Å². The van der Waals surface area contributed by atoms with Crippen molar-refractivity contribution < 1.29 is 17.9 Å². The molecular formula is C16H12F3NO. The smallest absolute Gasteiger partial charge is 0.419 e. The normalized spacial score (nSPS) is 10.7. The molecule has 1 heterocycles. The maximum Gasteiger partial charge on any atom is 0.419 e. The lowest BCUT2D eigenvalue weighted by Gasteiger charge is -2.11. The number of ether oxygens (including phenoxy) is 1. The number of para-hydroxylation sites is 1. The second-order valence-corrected chi connectivity index (χ2v) is 4.25. The lowest BCUT2D eigenvalue weighted by Crippen LogP contribution is -2.08. The first kappa shape index (κ1) is 14.9. The molecule has 1 aromatic carbocycles. The molecule has 2 rings (SSSR count). The molecule has 0 fully saturated rings. The number of hydrogen-bond donors (Lipinski definition) is 0. The standard InChI is InChI=1S/C16H12F3NO/c1-12-6-4-7-13(20-12)8-5-11-21-15-10-3-2-9-14(15)16(17,18)19/h2-4,6-7,9-10H,11H2,1H3. The third-order valence-corrected chi connectivity index (χ3v) is 2.60. The van der Waals surface area contributed by atoms with Gasteiger partial charge in [0, 0.05) is 5.69 Å². The molecule has 0 atom stereocenters. The van der Waals surface area contributed by atoms with Gasteiger partial charge in [-0.05, 0) is 37.1 Å². The summed E-state index contributed by atoms with van der Waals surface area (Å²) in [5.41, 5.74) is 0.577. The fraction of sp³-hybridized carbons (Fsp3) is 0.188. The summed E-state index contributed by atoms with van der Waals surface area (Å²) in [5.74, 6) is 5.18. The number of halogens is 3. The summed E-state index contributed by atoms with van der Waals surface area (Å²) in [6.07, 6.45) is -4.44. The molecule has 0 unspecified atom stereocenters. The van der Waals surface area contributed by atoms with Crippen LogP contribution in [0.2, 0.25) is 0 Å². The van der Waals surface area contributed by atoms with E-state index in [2.05, 4.69) is 16.8 Å². The minimum Gasteiger partial charge on any atom is -0.480 e. The highest BCUT2D eigenvalue weighted by Gasteiger charge is 2.33. The first-order valence-electron chi connectivity index (χ1n) is 6.18. The van der Waals surface area contributed by atoms with Gasteiger partial charge in [-0.25, -0.2) is 4.98 Å². The molecule has 0 radical (unpaired) electrons. The van der Waals surface area contributed by atoms with Gasteiger partial charge in [-0.3, -0.25) is 0 Å². The average molecular weight is 291 g/mol. The van der Waals surface area contributed by atoms with E-state index in [1.54, 1.807) is 6.07 Å². The number of aryl methyl sites for hydroxylation is 1. The van der Waals surface area contributed by atoms with Gasteiger partial charge < -0.3 is 4.74 Å². The Kier molecular flexibility index (Phi) is 4.49. The molecule has 108 valence electrons. The Morgan fingerprint density at radius 3 is 2.57 bits per heavy atom. The van der Waals surface area contributed by atoms with E-state index < -0.39 is 11.7 Å². The van der Waals surface area contributed by atoms with E-state index in [9.17, 15) is 13.2 Å². The zero-order valence-electron chi connectivity index (χ0n) is 11.2. The highest BCUT2D eigenvalue weighted by Crippen LogP contribution is 2.35. The van der Waals surface area contributed by atoms with Gasteiger partial charge in [0.15, 0.2) is 0 Å². The Morgan fingerprint density at radius 2 is 1.86 bits per heavy atom. The predicted octanol–water partition coefficient (Wildman–Crippen LogP) is 3.84. The van der Waals surface area contributed by atoms with Crippen molar-refractivity contribution in [3.8, 4) is 17.6 Å². The Hall–Kier alpha value is -2.48. The molecule has 2 nitrogen and oxygen atoms in total. The summed E-state index contributed by atoms with van der Waals surface area (Å²) in [6, 6.07) is 10.4. The van der Waals surface area contributed by atoms with Crippen LogP contribution in [0.15, 0.2) is 42.5 Å². The summed E-state index contributed by atoms with van der Waals surface area (Å²) in [4.78, 5) is 4.17. The number of pyridine rings is 1. The summed E-state index contributed by atoms with van der Waals surface area (Å²) < 4.78 is 43.3. The maximum atomic E-state index is 12.7. The third-order valence-electron chi connectivity index (χ3n) is 2.60. The number of benzene rings is 1. The van der Waals surface area contributed by atoms with Crippen molar-refractivity contribution in [3.05, 3.63) is 59.4 Å². The van der Waals surface area contributed by atoms with Gasteiger partial charge in [0.05, 0.1) is 5.56 Å². The zero-order valence-corrected chi connectivity index (χ0v) is 11.2. The molecule has 0 aliphatic heterocycles. The predicted molar refractivity (Wildman–Crippen MR) is 72.8 cm³/mol. The summed E-state index contributed by atoms with van der Waals surface area (Å²) in [5, 5.41) is 0. The third kappa shape index (κ3) is 4.25. The highest BCUT2D eigenvalue weighted by molar-refractivity contribution is 5.36. The molecular weight excluding hydrogens is 279 g/mol. The Morgan fingerprint density at radius 1 is 1.10 bits per heavy atom. The average Bonchev–Trinajstić information content (AvgIpc) is 2.43. The molecule has 0 saturated heterocycles. The van der Waals surface area contributed by atoms with Crippen LogP contribution in [0.3, 0.4) is 0 Å². The highest BCUT2D eigenvalue weighted by atomic mass is 19.4. The Bertz CT molecular complexity index is 684. The van der Waals surface area contributed by atoms with Crippen LogP contribution >= 0.6 is 0 Å². The number of nitrogens with zero attached hydrogens (tertiary/aromatic N) is 1. The number of aromatic nitrogens is 1. The van der Waals surface area contributed by atoms with Crippen LogP contribution in [0.4, 0.5) is 13.2 Å². The zero-order chi connectivity index (χ0) is 15.3. The van der Waals surface area contributed by atoms with E-state index in [4.69, 9.17) is 4.74 Å². The lowest BCUT2D eigenvalue weighted by atomic mass is 10.2. The molecule has 0 aliphatic rings. The molecule has 2 aromatic rings. The SMILES string of the molecule is Cc1cccc(C#CCOc2ccccc2C(F)(F)F)n1. The molecule has 0 saturated carbocycles. The van der Waals surface area contributed by atoms with Gasteiger partial charge in [0.1, 0.15) is 18.1 Å². The van der Waals surface area contributed by atoms with Crippen LogP contribution in [-0.2, 0) is 6.18 Å². The van der Waals surface area contributed by atoms with Gasteiger partial charge in [0.25, 0.3) is 0 Å². The first-order chi connectivity index (χ1) is 9.97. The fourth-order valence-corrected chi connectivity index (χ4v) is 1.68. The monoisotopic (exact) mass is 291 g/mol. The van der Waals surface area contributed by atoms with E-state index >= 15 is 0 Å². The van der Waals surface area contributed by atoms with Gasteiger partial charge in [-0.1, -0.05) is 24.1 Å². The molecule has 0 amide bonds. The lowest BCUT2D eigenvalue weighted by molar-refractivity contribution is -0.138. The number of alkyl halides is 3. The van der Waals surface area contributed by atoms with Crippen molar-refractivity contribution in [3.63, 3.8) is 0 Å². The van der Waals surface area contributed by atoms with Crippen molar-refractivity contribution >= 4 is 0 Å². The van der Waals surface area contributed by atoms with Crippen molar-refractivity contribution in [2.24, 2.45) is 0 Å². The van der Waals surface area contributed by atoms with Crippen LogP contribution in [0.1, 0.15) is 17.0 Å². The molecule has 0 N–H and O–H groups in total. The molecule has 21 heavy (non-hydrogen) atoms. The van der Waals surface area contributed by atoms with Crippen molar-refractivity contribution in [2.45, 2.75) is 13.1 Å². The van der Waals surface area contributed by atoms with Gasteiger partial charge in [-0.2, -0.15) is 13.2 Å². The molecule has 1 aromatic heterocycles. The van der Waals surface area contributed by atoms with Crippen molar-refractivity contribution in [1.82, 2.24) is 4.98 Å². The molecule has 0 aliphatic carbocycles. The first-order valence-corrected chi connectivity index (χ1v) is 6.18. The summed E-state index contributed by atoms with van der Waals surface area (Å²) in [7, 11) is 0. The Balaban J connectivity index is 2.05. The quantitative estimate of drug-likeness (QED) is 0.784. The van der Waals surface area contributed by atoms with Crippen LogP contribution in [0.5, 0.6) is 5.75 Å². The Labute approximate surface area is 120 Å². The van der Waals surface area contributed by atoms with E-state index in [1.807, 2.05) is 19.1 Å². The van der Waals surface area contributed by atoms with Crippen LogP contribution in [0, 0.1) is 18.8 Å². The maximum absolute atomic E-state index is 12.7. The molecule has 0 spiro atoms. The number of rotatable bonds is 2. The topological polar surface area (TPSA) is 22.1 Å². The van der Waals surface area contributed by atoms with Gasteiger partial charge in [0.2, 0.25) is 0 Å². The van der Waals surface area contributed by atoms with Crippen molar-refractivity contribution in [2.75, 3.05) is 6.61 Å². The van der Waals surface area contributed by atoms with E-state index in [0.717, 1.165) is 11.8 Å². The van der Waals surface area contributed by atoms with Crippen molar-refractivity contribution in [1.29, 1.82) is 0 Å². The van der Waals surface area contributed by atoms with E-state index in [1.165, 1.54) is 18.2 Å². The summed E-state index contributed by atoms with van der Waals surface area (Å²) >= 11 is 0. The largest absolute Gasteiger partial charge is 0.480 e. The second-order valence-electron chi connectivity index (χ2n) is 4.25.